The lowest BCUT2D eigenvalue weighted by molar-refractivity contribution is 0.415. The van der Waals surface area contributed by atoms with E-state index in [-0.39, 0.29) is 0 Å². The third-order valence-electron chi connectivity index (χ3n) is 4.84. The molecule has 4 aromatic carbocycles. The maximum absolute atomic E-state index is 5.70. The molecule has 4 aromatic rings. The minimum absolute atomic E-state index is 0.818. The standard InChI is InChI=1S/C25H20INO2/c1-28-20-13-11-19(12-14-20)27-16-24-21-5-3-4-6-22(21)25(29-2)15-23(24)17-7-9-18(26)10-8-17/h3-16H,1-2H3. The Morgan fingerprint density at radius 1 is 0.793 bits per heavy atom. The van der Waals surface area contributed by atoms with Crippen molar-refractivity contribution in [3.05, 3.63) is 88.0 Å². The number of nitrogens with zero attached hydrogens (tertiary/aromatic N) is 1. The highest BCUT2D eigenvalue weighted by molar-refractivity contribution is 14.1. The van der Waals surface area contributed by atoms with Crippen LogP contribution < -0.4 is 9.47 Å². The number of rotatable bonds is 5. The fourth-order valence-electron chi connectivity index (χ4n) is 3.35. The highest BCUT2D eigenvalue weighted by atomic mass is 127. The Hall–Kier alpha value is -2.86. The molecule has 0 N–H and O–H groups in total. The molecule has 0 amide bonds. The summed E-state index contributed by atoms with van der Waals surface area (Å²) in [5, 5.41) is 2.18. The van der Waals surface area contributed by atoms with Crippen molar-refractivity contribution < 1.29 is 9.47 Å². The number of fused-ring (bicyclic) bond motifs is 1. The van der Waals surface area contributed by atoms with Crippen LogP contribution in [0.25, 0.3) is 21.9 Å². The molecule has 0 fully saturated rings. The Morgan fingerprint density at radius 3 is 2.14 bits per heavy atom. The first-order valence-electron chi connectivity index (χ1n) is 9.23. The largest absolute Gasteiger partial charge is 0.497 e. The van der Waals surface area contributed by atoms with Crippen molar-refractivity contribution in [3.8, 4) is 22.6 Å². The molecule has 0 saturated heterocycles. The van der Waals surface area contributed by atoms with Crippen LogP contribution in [0.1, 0.15) is 5.56 Å². The zero-order valence-corrected chi connectivity index (χ0v) is 18.4. The Kier molecular flexibility index (Phi) is 5.81. The Balaban J connectivity index is 1.90. The van der Waals surface area contributed by atoms with E-state index in [0.29, 0.717) is 0 Å². The molecule has 0 unspecified atom stereocenters. The third-order valence-corrected chi connectivity index (χ3v) is 5.56. The van der Waals surface area contributed by atoms with Crippen molar-refractivity contribution in [2.45, 2.75) is 0 Å². The second kappa shape index (κ2) is 8.66. The molecule has 144 valence electrons. The van der Waals surface area contributed by atoms with E-state index in [9.17, 15) is 0 Å². The normalized spacial score (nSPS) is 11.1. The molecule has 0 heterocycles. The number of halogens is 1. The van der Waals surface area contributed by atoms with E-state index in [4.69, 9.17) is 14.5 Å². The van der Waals surface area contributed by atoms with Crippen molar-refractivity contribution in [1.29, 1.82) is 0 Å². The van der Waals surface area contributed by atoms with Crippen molar-refractivity contribution in [1.82, 2.24) is 0 Å². The van der Waals surface area contributed by atoms with Gasteiger partial charge in [-0.1, -0.05) is 36.4 Å². The van der Waals surface area contributed by atoms with E-state index in [2.05, 4.69) is 65.1 Å². The van der Waals surface area contributed by atoms with E-state index in [1.807, 2.05) is 42.6 Å². The predicted molar refractivity (Wildman–Crippen MR) is 129 cm³/mol. The third kappa shape index (κ3) is 4.12. The number of aliphatic imine (C=N–C) groups is 1. The van der Waals surface area contributed by atoms with Crippen molar-refractivity contribution in [2.24, 2.45) is 4.99 Å². The summed E-state index contributed by atoms with van der Waals surface area (Å²) in [6, 6.07) is 26.6. The van der Waals surface area contributed by atoms with Gasteiger partial charge in [0, 0.05) is 20.7 Å². The first-order chi connectivity index (χ1) is 14.2. The molecular weight excluding hydrogens is 473 g/mol. The second-order valence-electron chi connectivity index (χ2n) is 6.55. The van der Waals surface area contributed by atoms with Gasteiger partial charge >= 0.3 is 0 Å². The van der Waals surface area contributed by atoms with Crippen LogP contribution in [0, 0.1) is 3.57 Å². The van der Waals surface area contributed by atoms with E-state index < -0.39 is 0 Å². The van der Waals surface area contributed by atoms with E-state index in [1.165, 1.54) is 3.57 Å². The average Bonchev–Trinajstić information content (AvgIpc) is 2.78. The Bertz CT molecular complexity index is 1170. The smallest absolute Gasteiger partial charge is 0.127 e. The first-order valence-corrected chi connectivity index (χ1v) is 10.3. The summed E-state index contributed by atoms with van der Waals surface area (Å²) in [5.74, 6) is 1.68. The van der Waals surface area contributed by atoms with Gasteiger partial charge in [-0.25, -0.2) is 0 Å². The second-order valence-corrected chi connectivity index (χ2v) is 7.79. The topological polar surface area (TPSA) is 30.8 Å². The summed E-state index contributed by atoms with van der Waals surface area (Å²) >= 11 is 2.32. The average molecular weight is 493 g/mol. The Morgan fingerprint density at radius 2 is 1.48 bits per heavy atom. The van der Waals surface area contributed by atoms with E-state index in [1.54, 1.807) is 14.2 Å². The molecule has 3 nitrogen and oxygen atoms in total. The van der Waals surface area contributed by atoms with Crippen LogP contribution >= 0.6 is 22.6 Å². The fraction of sp³-hybridized carbons (Fsp3) is 0.0800. The van der Waals surface area contributed by atoms with Gasteiger partial charge in [0.05, 0.1) is 19.9 Å². The number of hydrogen-bond donors (Lipinski definition) is 0. The lowest BCUT2D eigenvalue weighted by Gasteiger charge is -2.14. The fourth-order valence-corrected chi connectivity index (χ4v) is 3.71. The molecule has 4 rings (SSSR count). The van der Waals surface area contributed by atoms with E-state index >= 15 is 0 Å². The van der Waals surface area contributed by atoms with Crippen LogP contribution in [0.5, 0.6) is 11.5 Å². The van der Waals surface area contributed by atoms with Gasteiger partial charge in [0.2, 0.25) is 0 Å². The van der Waals surface area contributed by atoms with Crippen molar-refractivity contribution in [2.75, 3.05) is 14.2 Å². The predicted octanol–water partition coefficient (Wildman–Crippen LogP) is 6.88. The number of methoxy groups -OCH3 is 2. The van der Waals surface area contributed by atoms with Gasteiger partial charge in [0.1, 0.15) is 11.5 Å². The Labute approximate surface area is 184 Å². The monoisotopic (exact) mass is 493 g/mol. The van der Waals surface area contributed by atoms with Gasteiger partial charge < -0.3 is 9.47 Å². The van der Waals surface area contributed by atoms with E-state index in [0.717, 1.165) is 44.6 Å². The van der Waals surface area contributed by atoms with Gasteiger partial charge in [0.25, 0.3) is 0 Å². The van der Waals surface area contributed by atoms with Crippen molar-refractivity contribution in [3.63, 3.8) is 0 Å². The molecular formula is C25H20INO2. The molecule has 0 aliphatic rings. The maximum Gasteiger partial charge on any atom is 0.127 e. The molecule has 0 aromatic heterocycles. The molecule has 0 bridgehead atoms. The van der Waals surface area contributed by atoms with Gasteiger partial charge in [0.15, 0.2) is 0 Å². The van der Waals surface area contributed by atoms with Crippen LogP contribution in [-0.2, 0) is 0 Å². The van der Waals surface area contributed by atoms with Crippen LogP contribution in [0.15, 0.2) is 83.9 Å². The van der Waals surface area contributed by atoms with Crippen LogP contribution in [0.4, 0.5) is 5.69 Å². The lowest BCUT2D eigenvalue weighted by atomic mass is 9.94. The van der Waals surface area contributed by atoms with Crippen LogP contribution in [-0.4, -0.2) is 20.4 Å². The van der Waals surface area contributed by atoms with Crippen LogP contribution in [0.3, 0.4) is 0 Å². The number of benzene rings is 4. The maximum atomic E-state index is 5.70. The van der Waals surface area contributed by atoms with Gasteiger partial charge in [-0.05, 0) is 81.6 Å². The summed E-state index contributed by atoms with van der Waals surface area (Å²) in [7, 11) is 3.37. The molecule has 0 aliphatic heterocycles. The molecule has 0 saturated carbocycles. The van der Waals surface area contributed by atoms with Gasteiger partial charge in [-0.2, -0.15) is 0 Å². The highest BCUT2D eigenvalue weighted by Gasteiger charge is 2.13. The lowest BCUT2D eigenvalue weighted by Crippen LogP contribution is -1.95. The minimum Gasteiger partial charge on any atom is -0.497 e. The first kappa shape index (κ1) is 19.5. The summed E-state index contributed by atoms with van der Waals surface area (Å²) in [6.07, 6.45) is 1.94. The summed E-state index contributed by atoms with van der Waals surface area (Å²) in [6.45, 7) is 0. The molecule has 0 radical (unpaired) electrons. The number of hydrogen-bond acceptors (Lipinski definition) is 3. The molecule has 0 atom stereocenters. The quantitative estimate of drug-likeness (QED) is 0.224. The molecule has 0 aliphatic carbocycles. The number of ether oxygens (including phenoxy) is 2. The van der Waals surface area contributed by atoms with Gasteiger partial charge in [-0.15, -0.1) is 0 Å². The van der Waals surface area contributed by atoms with Crippen LogP contribution in [0.2, 0.25) is 0 Å². The SMILES string of the molecule is COc1ccc(N=Cc2c(-c3ccc(I)cc3)cc(OC)c3ccccc23)cc1. The minimum atomic E-state index is 0.818. The highest BCUT2D eigenvalue weighted by Crippen LogP contribution is 2.36. The molecule has 0 spiro atoms. The molecule has 29 heavy (non-hydrogen) atoms. The summed E-state index contributed by atoms with van der Waals surface area (Å²) < 4.78 is 12.1. The summed E-state index contributed by atoms with van der Waals surface area (Å²) in [5.41, 5.74) is 4.16. The zero-order chi connectivity index (χ0) is 20.2. The van der Waals surface area contributed by atoms with Crippen molar-refractivity contribution >= 4 is 45.3 Å². The zero-order valence-electron chi connectivity index (χ0n) is 16.2. The van der Waals surface area contributed by atoms with Gasteiger partial charge in [-0.3, -0.25) is 4.99 Å². The molecule has 4 heteroatoms. The summed E-state index contributed by atoms with van der Waals surface area (Å²) in [4.78, 5) is 4.74.